The van der Waals surface area contributed by atoms with Gasteiger partial charge in [-0.25, -0.2) is 4.68 Å². The van der Waals surface area contributed by atoms with E-state index in [1.165, 1.54) is 22.9 Å². The molecule has 0 aliphatic carbocycles. The van der Waals surface area contributed by atoms with Crippen molar-refractivity contribution in [2.45, 2.75) is 26.1 Å². The molecular formula is C18H19F3N4O2. The van der Waals surface area contributed by atoms with Gasteiger partial charge in [-0.1, -0.05) is 6.07 Å². The standard InChI is InChI=1S/C18H19F3N4O2/c1-11-8-15(26)16(17(27)24-7-6-22-10-12(24)2)23-25(11)14-5-3-4-13(9-14)18(19,20)21/h3-5,8-9,12,22H,6-7,10H2,1-2H3. The summed E-state index contributed by atoms with van der Waals surface area (Å²) in [5, 5.41) is 7.25. The maximum Gasteiger partial charge on any atom is 0.416 e. The number of nitrogens with one attached hydrogen (secondary N) is 1. The van der Waals surface area contributed by atoms with Crippen LogP contribution in [0.25, 0.3) is 5.69 Å². The normalized spacial score (nSPS) is 17.8. The molecule has 1 aromatic heterocycles. The van der Waals surface area contributed by atoms with Crippen LogP contribution in [0.5, 0.6) is 0 Å². The molecular weight excluding hydrogens is 361 g/mol. The Hall–Kier alpha value is -2.68. The van der Waals surface area contributed by atoms with Crippen molar-refractivity contribution in [1.82, 2.24) is 20.0 Å². The zero-order chi connectivity index (χ0) is 19.8. The minimum atomic E-state index is -4.50. The molecule has 1 fully saturated rings. The molecule has 0 spiro atoms. The first-order valence-electron chi connectivity index (χ1n) is 8.49. The van der Waals surface area contributed by atoms with Crippen LogP contribution in [0.4, 0.5) is 13.2 Å². The molecule has 1 N–H and O–H groups in total. The van der Waals surface area contributed by atoms with E-state index in [4.69, 9.17) is 0 Å². The van der Waals surface area contributed by atoms with E-state index in [2.05, 4.69) is 10.4 Å². The van der Waals surface area contributed by atoms with Gasteiger partial charge in [0.25, 0.3) is 5.91 Å². The number of aryl methyl sites for hydroxylation is 1. The van der Waals surface area contributed by atoms with Crippen LogP contribution in [-0.4, -0.2) is 46.3 Å². The molecule has 2 aromatic rings. The highest BCUT2D eigenvalue weighted by Crippen LogP contribution is 2.30. The lowest BCUT2D eigenvalue weighted by molar-refractivity contribution is -0.137. The van der Waals surface area contributed by atoms with E-state index in [1.807, 2.05) is 6.92 Å². The lowest BCUT2D eigenvalue weighted by Gasteiger charge is -2.33. The number of hydrogen-bond acceptors (Lipinski definition) is 4. The quantitative estimate of drug-likeness (QED) is 0.865. The Morgan fingerprint density at radius 1 is 1.30 bits per heavy atom. The van der Waals surface area contributed by atoms with Gasteiger partial charge in [0, 0.05) is 37.4 Å². The van der Waals surface area contributed by atoms with Gasteiger partial charge in [0.05, 0.1) is 11.3 Å². The fourth-order valence-electron chi connectivity index (χ4n) is 3.05. The van der Waals surface area contributed by atoms with Gasteiger partial charge in [0.2, 0.25) is 5.43 Å². The van der Waals surface area contributed by atoms with Crippen LogP contribution in [0.1, 0.15) is 28.7 Å². The van der Waals surface area contributed by atoms with Crippen molar-refractivity contribution >= 4 is 5.91 Å². The predicted molar refractivity (Wildman–Crippen MR) is 92.9 cm³/mol. The summed E-state index contributed by atoms with van der Waals surface area (Å²) in [7, 11) is 0. The lowest BCUT2D eigenvalue weighted by atomic mass is 10.1. The second kappa shape index (κ2) is 7.15. The molecule has 1 aromatic carbocycles. The summed E-state index contributed by atoms with van der Waals surface area (Å²) >= 11 is 0. The Morgan fingerprint density at radius 3 is 2.70 bits per heavy atom. The molecule has 27 heavy (non-hydrogen) atoms. The van der Waals surface area contributed by atoms with Gasteiger partial charge in [0.1, 0.15) is 0 Å². The Balaban J connectivity index is 2.05. The fourth-order valence-corrected chi connectivity index (χ4v) is 3.05. The van der Waals surface area contributed by atoms with E-state index in [0.29, 0.717) is 25.3 Å². The summed E-state index contributed by atoms with van der Waals surface area (Å²) in [6.07, 6.45) is -4.50. The topological polar surface area (TPSA) is 67.2 Å². The lowest BCUT2D eigenvalue weighted by Crippen LogP contribution is -2.53. The zero-order valence-corrected chi connectivity index (χ0v) is 14.9. The van der Waals surface area contributed by atoms with Crippen LogP contribution in [-0.2, 0) is 6.18 Å². The molecule has 6 nitrogen and oxygen atoms in total. The van der Waals surface area contributed by atoms with Gasteiger partial charge in [-0.05, 0) is 32.0 Å². The van der Waals surface area contributed by atoms with Crippen molar-refractivity contribution in [2.75, 3.05) is 19.6 Å². The molecule has 2 heterocycles. The smallest absolute Gasteiger partial charge is 0.332 e. The summed E-state index contributed by atoms with van der Waals surface area (Å²) in [4.78, 5) is 26.7. The monoisotopic (exact) mass is 380 g/mol. The van der Waals surface area contributed by atoms with Crippen LogP contribution < -0.4 is 10.7 Å². The first-order valence-corrected chi connectivity index (χ1v) is 8.49. The first-order chi connectivity index (χ1) is 12.7. The number of nitrogens with zero attached hydrogens (tertiary/aromatic N) is 3. The van der Waals surface area contributed by atoms with Crippen LogP contribution >= 0.6 is 0 Å². The van der Waals surface area contributed by atoms with Crippen LogP contribution in [0, 0.1) is 6.92 Å². The van der Waals surface area contributed by atoms with E-state index in [9.17, 15) is 22.8 Å². The number of piperazine rings is 1. The third kappa shape index (κ3) is 3.87. The number of halogens is 3. The number of benzene rings is 1. The number of aromatic nitrogens is 2. The second-order valence-corrected chi connectivity index (χ2v) is 6.51. The highest BCUT2D eigenvalue weighted by Gasteiger charge is 2.31. The number of amides is 1. The van der Waals surface area contributed by atoms with Crippen molar-refractivity contribution < 1.29 is 18.0 Å². The molecule has 0 bridgehead atoms. The molecule has 144 valence electrons. The molecule has 0 saturated carbocycles. The van der Waals surface area contributed by atoms with E-state index in [1.54, 1.807) is 11.8 Å². The third-order valence-electron chi connectivity index (χ3n) is 4.49. The summed E-state index contributed by atoms with van der Waals surface area (Å²) in [5.41, 5.74) is -1.21. The van der Waals surface area contributed by atoms with Crippen molar-refractivity contribution in [1.29, 1.82) is 0 Å². The van der Waals surface area contributed by atoms with E-state index in [0.717, 1.165) is 12.1 Å². The van der Waals surface area contributed by atoms with Gasteiger partial charge < -0.3 is 10.2 Å². The minimum absolute atomic E-state index is 0.115. The summed E-state index contributed by atoms with van der Waals surface area (Å²) in [6, 6.07) is 5.70. The van der Waals surface area contributed by atoms with Crippen LogP contribution in [0.2, 0.25) is 0 Å². The SMILES string of the molecule is Cc1cc(=O)c(C(=O)N2CCNCC2C)nn1-c1cccc(C(F)(F)F)c1. The Labute approximate surface area is 153 Å². The summed E-state index contributed by atoms with van der Waals surface area (Å²) in [5.74, 6) is -0.519. The van der Waals surface area contributed by atoms with Crippen LogP contribution in [0.3, 0.4) is 0 Å². The molecule has 1 aliphatic rings. The van der Waals surface area contributed by atoms with Crippen molar-refractivity contribution in [3.63, 3.8) is 0 Å². The number of carbonyl (C=O) groups is 1. The highest BCUT2D eigenvalue weighted by atomic mass is 19.4. The first kappa shape index (κ1) is 19.1. The van der Waals surface area contributed by atoms with Gasteiger partial charge in [-0.2, -0.15) is 18.3 Å². The summed E-state index contributed by atoms with van der Waals surface area (Å²) < 4.78 is 40.2. The molecule has 1 aliphatic heterocycles. The Morgan fingerprint density at radius 2 is 2.04 bits per heavy atom. The zero-order valence-electron chi connectivity index (χ0n) is 14.9. The Kier molecular flexibility index (Phi) is 5.05. The molecule has 3 rings (SSSR count). The van der Waals surface area contributed by atoms with Crippen LogP contribution in [0.15, 0.2) is 35.1 Å². The second-order valence-electron chi connectivity index (χ2n) is 6.51. The highest BCUT2D eigenvalue weighted by molar-refractivity contribution is 5.92. The van der Waals surface area contributed by atoms with Gasteiger partial charge in [-0.15, -0.1) is 0 Å². The van der Waals surface area contributed by atoms with E-state index >= 15 is 0 Å². The predicted octanol–water partition coefficient (Wildman–Crippen LogP) is 1.99. The van der Waals surface area contributed by atoms with Crippen molar-refractivity contribution in [3.8, 4) is 5.69 Å². The minimum Gasteiger partial charge on any atom is -0.332 e. The molecule has 1 amide bonds. The maximum atomic E-state index is 13.0. The number of hydrogen-bond donors (Lipinski definition) is 1. The van der Waals surface area contributed by atoms with Gasteiger partial charge >= 0.3 is 6.18 Å². The third-order valence-corrected chi connectivity index (χ3v) is 4.49. The number of rotatable bonds is 2. The molecule has 9 heteroatoms. The largest absolute Gasteiger partial charge is 0.416 e. The van der Waals surface area contributed by atoms with Crippen molar-refractivity contribution in [2.24, 2.45) is 0 Å². The van der Waals surface area contributed by atoms with Crippen molar-refractivity contribution in [3.05, 3.63) is 57.5 Å². The fraction of sp³-hybridized carbons (Fsp3) is 0.389. The average Bonchev–Trinajstić information content (AvgIpc) is 2.61. The molecule has 0 radical (unpaired) electrons. The average molecular weight is 380 g/mol. The summed E-state index contributed by atoms with van der Waals surface area (Å²) in [6.45, 7) is 5.03. The molecule has 1 saturated heterocycles. The van der Waals surface area contributed by atoms with Gasteiger partial charge in [-0.3, -0.25) is 9.59 Å². The van der Waals surface area contributed by atoms with E-state index < -0.39 is 23.1 Å². The molecule has 1 atom stereocenters. The Bertz CT molecular complexity index is 924. The molecule has 1 unspecified atom stereocenters. The maximum absolute atomic E-state index is 13.0. The van der Waals surface area contributed by atoms with E-state index in [-0.39, 0.29) is 17.4 Å². The number of carbonyl (C=O) groups excluding carboxylic acids is 1. The van der Waals surface area contributed by atoms with Gasteiger partial charge in [0.15, 0.2) is 5.69 Å². The number of alkyl halides is 3.